The molecule has 29 heavy (non-hydrogen) atoms. The van der Waals surface area contributed by atoms with Crippen LogP contribution in [-0.2, 0) is 11.2 Å². The van der Waals surface area contributed by atoms with Crippen molar-refractivity contribution in [2.24, 2.45) is 4.99 Å². The number of anilines is 1. The van der Waals surface area contributed by atoms with Crippen LogP contribution in [0.4, 0.5) is 10.1 Å². The van der Waals surface area contributed by atoms with Crippen LogP contribution in [0.25, 0.3) is 0 Å². The number of aryl methyl sites for hydroxylation is 1. The summed E-state index contributed by atoms with van der Waals surface area (Å²) in [4.78, 5) is 16.3. The van der Waals surface area contributed by atoms with Gasteiger partial charge in [0.15, 0.2) is 5.96 Å². The molecular formula is C21H28FIN4O2. The Kier molecular flexibility index (Phi) is 11.0. The highest BCUT2D eigenvalue weighted by molar-refractivity contribution is 14.0. The minimum Gasteiger partial charge on any atom is -0.496 e. The lowest BCUT2D eigenvalue weighted by atomic mass is 10.1. The number of nitrogens with one attached hydrogen (secondary N) is 3. The first kappa shape index (κ1) is 24.7. The average molecular weight is 514 g/mol. The van der Waals surface area contributed by atoms with Crippen LogP contribution < -0.4 is 20.7 Å². The van der Waals surface area contributed by atoms with Crippen molar-refractivity contribution in [3.63, 3.8) is 0 Å². The van der Waals surface area contributed by atoms with Gasteiger partial charge in [-0.05, 0) is 55.7 Å². The lowest BCUT2D eigenvalue weighted by Crippen LogP contribution is -2.39. The van der Waals surface area contributed by atoms with E-state index < -0.39 is 5.82 Å². The molecule has 0 radical (unpaired) electrons. The Morgan fingerprint density at radius 3 is 2.66 bits per heavy atom. The number of rotatable bonds is 8. The van der Waals surface area contributed by atoms with Gasteiger partial charge in [-0.3, -0.25) is 4.79 Å². The second-order valence-electron chi connectivity index (χ2n) is 6.23. The molecular weight excluding hydrogens is 486 g/mol. The van der Waals surface area contributed by atoms with Crippen LogP contribution in [0.15, 0.2) is 47.5 Å². The molecule has 3 N–H and O–H groups in total. The monoisotopic (exact) mass is 514 g/mol. The molecule has 2 aromatic rings. The molecule has 2 aromatic carbocycles. The van der Waals surface area contributed by atoms with Gasteiger partial charge in [-0.15, -0.1) is 24.0 Å². The number of nitrogens with zero attached hydrogens (tertiary/aromatic N) is 1. The normalized spacial score (nSPS) is 10.7. The number of hydrogen-bond acceptors (Lipinski definition) is 3. The minimum atomic E-state index is -0.399. The van der Waals surface area contributed by atoms with Gasteiger partial charge in [0, 0.05) is 18.8 Å². The number of benzene rings is 2. The van der Waals surface area contributed by atoms with Gasteiger partial charge in [0.05, 0.1) is 7.11 Å². The second kappa shape index (κ2) is 13.0. The van der Waals surface area contributed by atoms with E-state index in [1.165, 1.54) is 12.1 Å². The quantitative estimate of drug-likeness (QED) is 0.287. The molecule has 0 saturated heterocycles. The van der Waals surface area contributed by atoms with Crippen LogP contribution in [-0.4, -0.2) is 38.6 Å². The van der Waals surface area contributed by atoms with E-state index in [9.17, 15) is 9.18 Å². The first-order valence-electron chi connectivity index (χ1n) is 9.23. The standard InChI is InChI=1S/C21H27FN4O2.HI/c1-4-23-21(24-11-10-16-9-8-15(2)19(12-16)28-3)25-14-20(27)26-18-7-5-6-17(22)13-18;/h5-9,12-13H,4,10-11,14H2,1-3H3,(H,26,27)(H2,23,24,25);1H. The highest BCUT2D eigenvalue weighted by atomic mass is 127. The Morgan fingerprint density at radius 2 is 1.97 bits per heavy atom. The molecule has 0 heterocycles. The van der Waals surface area contributed by atoms with E-state index >= 15 is 0 Å². The minimum absolute atomic E-state index is 0. The van der Waals surface area contributed by atoms with Gasteiger partial charge < -0.3 is 20.7 Å². The van der Waals surface area contributed by atoms with Crippen LogP contribution in [0.2, 0.25) is 0 Å². The average Bonchev–Trinajstić information content (AvgIpc) is 2.67. The summed E-state index contributed by atoms with van der Waals surface area (Å²) < 4.78 is 18.5. The van der Waals surface area contributed by atoms with E-state index in [2.05, 4.69) is 27.0 Å². The summed E-state index contributed by atoms with van der Waals surface area (Å²) in [5.41, 5.74) is 2.65. The Labute approximate surface area is 188 Å². The smallest absolute Gasteiger partial charge is 0.246 e. The molecule has 0 fully saturated rings. The number of aliphatic imine (C=N–C) groups is 1. The number of guanidine groups is 1. The van der Waals surface area contributed by atoms with Gasteiger partial charge in [0.1, 0.15) is 18.1 Å². The topological polar surface area (TPSA) is 74.8 Å². The highest BCUT2D eigenvalue weighted by Crippen LogP contribution is 2.19. The largest absolute Gasteiger partial charge is 0.496 e. The number of methoxy groups -OCH3 is 1. The van der Waals surface area contributed by atoms with Crippen LogP contribution in [0, 0.1) is 12.7 Å². The zero-order valence-electron chi connectivity index (χ0n) is 16.9. The van der Waals surface area contributed by atoms with E-state index in [-0.39, 0.29) is 36.4 Å². The maximum Gasteiger partial charge on any atom is 0.246 e. The van der Waals surface area contributed by atoms with Crippen LogP contribution in [0.5, 0.6) is 5.75 Å². The zero-order valence-corrected chi connectivity index (χ0v) is 19.3. The molecule has 158 valence electrons. The molecule has 0 aliphatic heterocycles. The van der Waals surface area contributed by atoms with Crippen LogP contribution >= 0.6 is 24.0 Å². The highest BCUT2D eigenvalue weighted by Gasteiger charge is 2.05. The molecule has 0 bridgehead atoms. The van der Waals surface area contributed by atoms with Gasteiger partial charge in [-0.1, -0.05) is 18.2 Å². The summed E-state index contributed by atoms with van der Waals surface area (Å²) >= 11 is 0. The van der Waals surface area contributed by atoms with E-state index in [0.29, 0.717) is 24.7 Å². The molecule has 6 nitrogen and oxygen atoms in total. The van der Waals surface area contributed by atoms with Crippen molar-refractivity contribution in [1.29, 1.82) is 0 Å². The van der Waals surface area contributed by atoms with E-state index in [0.717, 1.165) is 23.3 Å². The van der Waals surface area contributed by atoms with Gasteiger partial charge >= 0.3 is 0 Å². The Hall–Kier alpha value is -2.36. The fraction of sp³-hybridized carbons (Fsp3) is 0.333. The van der Waals surface area contributed by atoms with Crippen molar-refractivity contribution < 1.29 is 13.9 Å². The van der Waals surface area contributed by atoms with Crippen molar-refractivity contribution in [1.82, 2.24) is 10.6 Å². The van der Waals surface area contributed by atoms with Gasteiger partial charge in [0.25, 0.3) is 0 Å². The van der Waals surface area contributed by atoms with Crippen LogP contribution in [0.3, 0.4) is 0 Å². The van der Waals surface area contributed by atoms with E-state index in [4.69, 9.17) is 4.74 Å². The third kappa shape index (κ3) is 8.68. The summed E-state index contributed by atoms with van der Waals surface area (Å²) in [6, 6.07) is 11.9. The molecule has 1 amide bonds. The molecule has 0 aromatic heterocycles. The lowest BCUT2D eigenvalue weighted by Gasteiger charge is -2.12. The lowest BCUT2D eigenvalue weighted by molar-refractivity contribution is -0.114. The molecule has 0 atom stereocenters. The number of amides is 1. The molecule has 2 rings (SSSR count). The number of ether oxygens (including phenoxy) is 1. The number of halogens is 2. The summed E-state index contributed by atoms with van der Waals surface area (Å²) in [5.74, 6) is 0.707. The maximum absolute atomic E-state index is 13.2. The summed E-state index contributed by atoms with van der Waals surface area (Å²) in [6.07, 6.45) is 0.788. The predicted octanol–water partition coefficient (Wildman–Crippen LogP) is 3.50. The number of carbonyl (C=O) groups excluding carboxylic acids is 1. The van der Waals surface area contributed by atoms with Crippen molar-refractivity contribution in [2.75, 3.05) is 32.1 Å². The Balaban J connectivity index is 0.00000420. The first-order valence-corrected chi connectivity index (χ1v) is 9.23. The molecule has 0 spiro atoms. The SMILES string of the molecule is CCNC(=NCC(=O)Nc1cccc(F)c1)NCCc1ccc(C)c(OC)c1.I. The van der Waals surface area contributed by atoms with Gasteiger partial charge in [-0.25, -0.2) is 9.38 Å². The number of carbonyl (C=O) groups is 1. The van der Waals surface area contributed by atoms with Crippen molar-refractivity contribution in [2.45, 2.75) is 20.3 Å². The summed E-state index contributed by atoms with van der Waals surface area (Å²) in [5, 5.41) is 8.94. The second-order valence-corrected chi connectivity index (χ2v) is 6.23. The maximum atomic E-state index is 13.2. The van der Waals surface area contributed by atoms with Crippen molar-refractivity contribution >= 4 is 41.5 Å². The zero-order chi connectivity index (χ0) is 20.4. The Morgan fingerprint density at radius 1 is 1.17 bits per heavy atom. The summed E-state index contributed by atoms with van der Waals surface area (Å²) in [6.45, 7) is 5.23. The molecule has 8 heteroatoms. The van der Waals surface area contributed by atoms with E-state index in [1.54, 1.807) is 19.2 Å². The fourth-order valence-electron chi connectivity index (χ4n) is 2.60. The predicted molar refractivity (Wildman–Crippen MR) is 126 cm³/mol. The summed E-state index contributed by atoms with van der Waals surface area (Å²) in [7, 11) is 1.66. The Bertz CT molecular complexity index is 830. The van der Waals surface area contributed by atoms with E-state index in [1.807, 2.05) is 26.0 Å². The van der Waals surface area contributed by atoms with Crippen molar-refractivity contribution in [3.05, 3.63) is 59.4 Å². The molecule has 0 saturated carbocycles. The fourth-order valence-corrected chi connectivity index (χ4v) is 2.60. The van der Waals surface area contributed by atoms with Crippen molar-refractivity contribution in [3.8, 4) is 5.75 Å². The molecule has 0 aliphatic carbocycles. The molecule has 0 unspecified atom stereocenters. The van der Waals surface area contributed by atoms with Gasteiger partial charge in [-0.2, -0.15) is 0 Å². The molecule has 0 aliphatic rings. The van der Waals surface area contributed by atoms with Crippen LogP contribution in [0.1, 0.15) is 18.1 Å². The number of hydrogen-bond donors (Lipinski definition) is 3. The third-order valence-electron chi connectivity index (χ3n) is 4.01. The first-order chi connectivity index (χ1) is 13.5. The van der Waals surface area contributed by atoms with Gasteiger partial charge in [0.2, 0.25) is 5.91 Å². The third-order valence-corrected chi connectivity index (χ3v) is 4.01.